The van der Waals surface area contributed by atoms with Crippen molar-refractivity contribution < 1.29 is 24.9 Å². The van der Waals surface area contributed by atoms with Crippen molar-refractivity contribution >= 4 is 21.8 Å². The molecule has 3 rings (SSSR count). The van der Waals surface area contributed by atoms with Crippen LogP contribution in [0.1, 0.15) is 17.2 Å². The Morgan fingerprint density at radius 1 is 1.04 bits per heavy atom. The molecule has 0 spiro atoms. The molecule has 0 heterocycles. The summed E-state index contributed by atoms with van der Waals surface area (Å²) >= 11 is 3.29. The van der Waals surface area contributed by atoms with Gasteiger partial charge in [0.15, 0.2) is 6.10 Å². The summed E-state index contributed by atoms with van der Waals surface area (Å²) in [6.45, 7) is 0.516. The van der Waals surface area contributed by atoms with Crippen molar-refractivity contribution in [1.82, 2.24) is 5.32 Å². The Bertz CT molecular complexity index is 760. The van der Waals surface area contributed by atoms with Gasteiger partial charge in [-0.05, 0) is 11.1 Å². The summed E-state index contributed by atoms with van der Waals surface area (Å²) in [7, 11) is 0. The molecule has 0 aromatic heterocycles. The van der Waals surface area contributed by atoms with E-state index in [-0.39, 0.29) is 6.61 Å². The average Bonchev–Trinajstić information content (AvgIpc) is 2.93. The van der Waals surface area contributed by atoms with Crippen molar-refractivity contribution in [1.29, 1.82) is 0 Å². The van der Waals surface area contributed by atoms with Crippen LogP contribution in [-0.4, -0.2) is 50.9 Å². The Kier molecular flexibility index (Phi) is 7.20. The maximum absolute atomic E-state index is 12.5. The van der Waals surface area contributed by atoms with E-state index in [2.05, 4.69) is 21.2 Å². The van der Waals surface area contributed by atoms with E-state index in [4.69, 9.17) is 4.74 Å². The van der Waals surface area contributed by atoms with Gasteiger partial charge in [-0.3, -0.25) is 4.79 Å². The lowest BCUT2D eigenvalue weighted by Crippen LogP contribution is -2.48. The molecule has 4 N–H and O–H groups in total. The molecule has 7 heteroatoms. The number of benzene rings is 2. The molecule has 2 aromatic carbocycles. The fourth-order valence-corrected chi connectivity index (χ4v) is 4.13. The van der Waals surface area contributed by atoms with Gasteiger partial charge in [0, 0.05) is 5.92 Å². The van der Waals surface area contributed by atoms with Gasteiger partial charge < -0.3 is 25.4 Å². The number of hydrogen-bond donors (Lipinski definition) is 4. The molecule has 0 unspecified atom stereocenters. The molecule has 1 aliphatic rings. The van der Waals surface area contributed by atoms with Gasteiger partial charge in [0.25, 0.3) is 5.91 Å². The van der Waals surface area contributed by atoms with Gasteiger partial charge in [-0.25, -0.2) is 0 Å². The van der Waals surface area contributed by atoms with Gasteiger partial charge in [0.2, 0.25) is 0 Å². The largest absolute Gasteiger partial charge is 0.391 e. The number of halogens is 1. The molecule has 1 fully saturated rings. The average molecular weight is 450 g/mol. The van der Waals surface area contributed by atoms with Crippen LogP contribution in [0.25, 0.3) is 0 Å². The van der Waals surface area contributed by atoms with Crippen molar-refractivity contribution in [2.45, 2.75) is 35.8 Å². The Morgan fingerprint density at radius 2 is 1.64 bits per heavy atom. The number of alkyl halides is 1. The van der Waals surface area contributed by atoms with Crippen molar-refractivity contribution in [2.24, 2.45) is 5.92 Å². The molecule has 6 atom stereocenters. The Morgan fingerprint density at radius 3 is 2.29 bits per heavy atom. The van der Waals surface area contributed by atoms with Crippen molar-refractivity contribution in [3.8, 4) is 0 Å². The number of carbonyl (C=O) groups excluding carboxylic acids is 1. The number of ether oxygens (including phenoxy) is 1. The molecule has 150 valence electrons. The number of nitrogens with one attached hydrogen (secondary N) is 1. The van der Waals surface area contributed by atoms with Gasteiger partial charge in [0.1, 0.15) is 0 Å². The number of rotatable bonds is 7. The predicted octanol–water partition coefficient (Wildman–Crippen LogP) is 1.54. The summed E-state index contributed by atoms with van der Waals surface area (Å²) in [5.74, 6) is -1.15. The van der Waals surface area contributed by atoms with Crippen LogP contribution in [0.4, 0.5) is 0 Å². The topological polar surface area (TPSA) is 99.0 Å². The minimum Gasteiger partial charge on any atom is -0.391 e. The van der Waals surface area contributed by atoms with Crippen LogP contribution in [0.15, 0.2) is 60.7 Å². The number of carbonyl (C=O) groups is 1. The molecular weight excluding hydrogens is 426 g/mol. The third-order valence-corrected chi connectivity index (χ3v) is 6.10. The van der Waals surface area contributed by atoms with Crippen molar-refractivity contribution in [2.75, 3.05) is 6.61 Å². The number of aliphatic hydroxyl groups excluding tert-OH is 3. The molecule has 1 saturated carbocycles. The molecular formula is C21H24BrNO5. The van der Waals surface area contributed by atoms with Crippen molar-refractivity contribution in [3.63, 3.8) is 0 Å². The molecule has 0 saturated heterocycles. The lowest BCUT2D eigenvalue weighted by atomic mass is 10.0. The molecule has 1 aliphatic carbocycles. The number of aliphatic hydroxyl groups is 3. The highest BCUT2D eigenvalue weighted by molar-refractivity contribution is 9.09. The molecule has 2 aromatic rings. The first-order valence-electron chi connectivity index (χ1n) is 9.14. The lowest BCUT2D eigenvalue weighted by Gasteiger charge is -2.25. The summed E-state index contributed by atoms with van der Waals surface area (Å²) in [4.78, 5) is 11.9. The zero-order valence-electron chi connectivity index (χ0n) is 15.2. The van der Waals surface area contributed by atoms with E-state index in [1.54, 1.807) is 30.3 Å². The molecule has 0 radical (unpaired) electrons. The molecule has 6 nitrogen and oxygen atoms in total. The fraction of sp³-hybridized carbons (Fsp3) is 0.381. The van der Waals surface area contributed by atoms with Crippen LogP contribution in [-0.2, 0) is 16.1 Å². The van der Waals surface area contributed by atoms with Gasteiger partial charge in [-0.2, -0.15) is 0 Å². The smallest absolute Gasteiger partial charge is 0.253 e. The first kappa shape index (κ1) is 21.0. The molecule has 0 bridgehead atoms. The zero-order chi connectivity index (χ0) is 20.1. The van der Waals surface area contributed by atoms with E-state index in [0.717, 1.165) is 5.56 Å². The summed E-state index contributed by atoms with van der Waals surface area (Å²) in [5.41, 5.74) is 1.45. The van der Waals surface area contributed by atoms with Crippen LogP contribution >= 0.6 is 15.9 Å². The molecule has 0 aliphatic heterocycles. The van der Waals surface area contributed by atoms with Gasteiger partial charge in [-0.1, -0.05) is 76.6 Å². The highest BCUT2D eigenvalue weighted by atomic mass is 79.9. The van der Waals surface area contributed by atoms with Crippen LogP contribution < -0.4 is 5.32 Å². The summed E-state index contributed by atoms with van der Waals surface area (Å²) in [5, 5.41) is 33.9. The first-order valence-corrected chi connectivity index (χ1v) is 10.1. The highest BCUT2D eigenvalue weighted by Crippen LogP contribution is 2.33. The minimum atomic E-state index is -1.36. The van der Waals surface area contributed by atoms with Crippen LogP contribution in [0.5, 0.6) is 0 Å². The standard InChI is InChI=1S/C21H24BrNO5/c22-16-19(25)15(12-28-11-13-7-3-1-4-8-13)17(20(16)26)23-21(27)18(24)14-9-5-2-6-10-14/h1-10,15-20,24-26H,11-12H2,(H,23,27)/t15-,16-,17-,18-,19+,20+/m0/s1. The zero-order valence-corrected chi connectivity index (χ0v) is 16.8. The lowest BCUT2D eigenvalue weighted by molar-refractivity contribution is -0.131. The van der Waals surface area contributed by atoms with Gasteiger partial charge in [0.05, 0.1) is 36.3 Å². The quantitative estimate of drug-likeness (QED) is 0.480. The maximum atomic E-state index is 12.5. The predicted molar refractivity (Wildman–Crippen MR) is 108 cm³/mol. The Hall–Kier alpha value is -1.77. The number of amides is 1. The van der Waals surface area contributed by atoms with E-state index in [1.165, 1.54) is 0 Å². The monoisotopic (exact) mass is 449 g/mol. The second-order valence-corrected chi connectivity index (χ2v) is 8.00. The van der Waals surface area contributed by atoms with E-state index >= 15 is 0 Å². The Labute approximate surface area is 172 Å². The third-order valence-electron chi connectivity index (χ3n) is 5.01. The maximum Gasteiger partial charge on any atom is 0.253 e. The highest BCUT2D eigenvalue weighted by Gasteiger charge is 2.49. The van der Waals surface area contributed by atoms with Crippen LogP contribution in [0.3, 0.4) is 0 Å². The first-order chi connectivity index (χ1) is 13.5. The van der Waals surface area contributed by atoms with E-state index in [1.807, 2.05) is 30.3 Å². The van der Waals surface area contributed by atoms with Crippen LogP contribution in [0, 0.1) is 5.92 Å². The van der Waals surface area contributed by atoms with Gasteiger partial charge >= 0.3 is 0 Å². The Balaban J connectivity index is 1.63. The second kappa shape index (κ2) is 9.62. The van der Waals surface area contributed by atoms with Gasteiger partial charge in [-0.15, -0.1) is 0 Å². The number of hydrogen-bond acceptors (Lipinski definition) is 5. The third kappa shape index (κ3) is 4.79. The summed E-state index contributed by atoms with van der Waals surface area (Å²) in [6.07, 6.45) is -3.26. The van der Waals surface area contributed by atoms with Crippen molar-refractivity contribution in [3.05, 3.63) is 71.8 Å². The second-order valence-electron chi connectivity index (χ2n) is 6.94. The molecule has 1 amide bonds. The normalized spacial score (nSPS) is 28.1. The fourth-order valence-electron chi connectivity index (χ4n) is 3.41. The summed E-state index contributed by atoms with van der Waals surface area (Å²) < 4.78 is 5.72. The minimum absolute atomic E-state index is 0.154. The SMILES string of the molecule is O=C(N[C@@H]1[C@H](O)[C@@H](Br)[C@H](O)[C@H]1COCc1ccccc1)[C@@H](O)c1ccccc1. The van der Waals surface area contributed by atoms with Crippen LogP contribution in [0.2, 0.25) is 0 Å². The molecule has 28 heavy (non-hydrogen) atoms. The van der Waals surface area contributed by atoms with E-state index < -0.39 is 41.0 Å². The summed E-state index contributed by atoms with van der Waals surface area (Å²) in [6, 6.07) is 17.4. The van der Waals surface area contributed by atoms with E-state index in [0.29, 0.717) is 12.2 Å². The van der Waals surface area contributed by atoms with E-state index in [9.17, 15) is 20.1 Å².